The van der Waals surface area contributed by atoms with E-state index < -0.39 is 0 Å². The standard InChI is InChI=1S/C29H54O4/c1-24(2)17-12-8-5-6-10-14-21-32-28(30)26-19-16-20-27(23-26)29(31)33-22-15-11-7-9-13-18-25(3)4/h24-27H,5-23H2,1-4H3. The molecule has 0 aromatic carbocycles. The van der Waals surface area contributed by atoms with Gasteiger partial charge >= 0.3 is 11.9 Å². The van der Waals surface area contributed by atoms with Crippen molar-refractivity contribution in [2.75, 3.05) is 13.2 Å². The van der Waals surface area contributed by atoms with Crippen LogP contribution in [0.4, 0.5) is 0 Å². The second kappa shape index (κ2) is 19.3. The predicted molar refractivity (Wildman–Crippen MR) is 137 cm³/mol. The molecule has 0 aromatic rings. The van der Waals surface area contributed by atoms with Gasteiger partial charge < -0.3 is 9.47 Å². The van der Waals surface area contributed by atoms with E-state index in [0.29, 0.717) is 19.6 Å². The van der Waals surface area contributed by atoms with E-state index in [1.807, 2.05) is 0 Å². The first-order chi connectivity index (χ1) is 15.9. The average Bonchev–Trinajstić information content (AvgIpc) is 2.79. The van der Waals surface area contributed by atoms with Gasteiger partial charge in [-0.2, -0.15) is 0 Å². The van der Waals surface area contributed by atoms with Crippen LogP contribution in [0.15, 0.2) is 0 Å². The molecule has 0 radical (unpaired) electrons. The molecule has 4 heteroatoms. The molecule has 33 heavy (non-hydrogen) atoms. The first-order valence-electron chi connectivity index (χ1n) is 14.2. The van der Waals surface area contributed by atoms with Gasteiger partial charge in [0.25, 0.3) is 0 Å². The Hall–Kier alpha value is -1.06. The van der Waals surface area contributed by atoms with Crippen molar-refractivity contribution in [2.24, 2.45) is 23.7 Å². The van der Waals surface area contributed by atoms with Crippen LogP contribution in [0.2, 0.25) is 0 Å². The molecule has 0 heterocycles. The van der Waals surface area contributed by atoms with E-state index in [4.69, 9.17) is 9.47 Å². The van der Waals surface area contributed by atoms with Crippen LogP contribution in [0.25, 0.3) is 0 Å². The highest BCUT2D eigenvalue weighted by molar-refractivity contribution is 5.76. The summed E-state index contributed by atoms with van der Waals surface area (Å²) in [5.74, 6) is 1.12. The predicted octanol–water partition coefficient (Wildman–Crippen LogP) is 8.26. The van der Waals surface area contributed by atoms with Crippen molar-refractivity contribution >= 4 is 11.9 Å². The molecule has 0 N–H and O–H groups in total. The van der Waals surface area contributed by atoms with Crippen molar-refractivity contribution in [3.05, 3.63) is 0 Å². The monoisotopic (exact) mass is 466 g/mol. The van der Waals surface area contributed by atoms with E-state index in [1.54, 1.807) is 0 Å². The molecule has 0 aromatic heterocycles. The number of hydrogen-bond acceptors (Lipinski definition) is 4. The number of ether oxygens (including phenoxy) is 2. The fourth-order valence-electron chi connectivity index (χ4n) is 4.75. The summed E-state index contributed by atoms with van der Waals surface area (Å²) >= 11 is 0. The van der Waals surface area contributed by atoms with Gasteiger partial charge in [-0.1, -0.05) is 105 Å². The van der Waals surface area contributed by atoms with Crippen molar-refractivity contribution in [3.8, 4) is 0 Å². The minimum atomic E-state index is -0.131. The third kappa shape index (κ3) is 16.2. The van der Waals surface area contributed by atoms with Crippen molar-refractivity contribution in [2.45, 2.75) is 137 Å². The molecular weight excluding hydrogens is 412 g/mol. The first kappa shape index (κ1) is 30.0. The molecule has 1 rings (SSSR count). The Kier molecular flexibility index (Phi) is 17.5. The zero-order chi connectivity index (χ0) is 24.3. The SMILES string of the molecule is CC(C)CCCCCCCCOC(=O)C1CCCC(C(=O)OCCCCCCCC(C)C)C1. The highest BCUT2D eigenvalue weighted by atomic mass is 16.5. The van der Waals surface area contributed by atoms with E-state index >= 15 is 0 Å². The highest BCUT2D eigenvalue weighted by Gasteiger charge is 2.32. The summed E-state index contributed by atoms with van der Waals surface area (Å²) in [6.45, 7) is 10.1. The number of esters is 2. The fraction of sp³-hybridized carbons (Fsp3) is 0.931. The molecule has 194 valence electrons. The van der Waals surface area contributed by atoms with Crippen LogP contribution in [0, 0.1) is 23.7 Å². The van der Waals surface area contributed by atoms with Crippen LogP contribution in [-0.2, 0) is 19.1 Å². The van der Waals surface area contributed by atoms with Gasteiger partial charge in [0.1, 0.15) is 0 Å². The van der Waals surface area contributed by atoms with Crippen LogP contribution in [0.5, 0.6) is 0 Å². The number of carbonyl (C=O) groups is 2. The van der Waals surface area contributed by atoms with Gasteiger partial charge in [0.15, 0.2) is 0 Å². The molecule has 4 nitrogen and oxygen atoms in total. The number of carbonyl (C=O) groups excluding carboxylic acids is 2. The highest BCUT2D eigenvalue weighted by Crippen LogP contribution is 2.31. The maximum absolute atomic E-state index is 12.5. The van der Waals surface area contributed by atoms with Gasteiger partial charge in [-0.25, -0.2) is 0 Å². The van der Waals surface area contributed by atoms with Crippen LogP contribution in [-0.4, -0.2) is 25.2 Å². The summed E-state index contributed by atoms with van der Waals surface area (Å²) in [4.78, 5) is 24.9. The molecule has 0 bridgehead atoms. The van der Waals surface area contributed by atoms with Gasteiger partial charge in [-0.15, -0.1) is 0 Å². The molecule has 0 aliphatic heterocycles. The maximum Gasteiger partial charge on any atom is 0.308 e. The first-order valence-corrected chi connectivity index (χ1v) is 14.2. The Balaban J connectivity index is 2.06. The molecule has 2 unspecified atom stereocenters. The molecule has 1 aliphatic carbocycles. The lowest BCUT2D eigenvalue weighted by atomic mass is 9.81. The number of hydrogen-bond donors (Lipinski definition) is 0. The van der Waals surface area contributed by atoms with E-state index in [-0.39, 0.29) is 23.8 Å². The summed E-state index contributed by atoms with van der Waals surface area (Å²) in [6, 6.07) is 0. The zero-order valence-corrected chi connectivity index (χ0v) is 22.4. The van der Waals surface area contributed by atoms with E-state index in [9.17, 15) is 9.59 Å². The summed E-state index contributed by atoms with van der Waals surface area (Å²) in [6.07, 6.45) is 18.9. The normalized spacial score (nSPS) is 18.6. The average molecular weight is 467 g/mol. The van der Waals surface area contributed by atoms with Crippen molar-refractivity contribution in [1.29, 1.82) is 0 Å². The third-order valence-corrected chi connectivity index (χ3v) is 6.93. The second-order valence-electron chi connectivity index (χ2n) is 11.1. The molecule has 1 aliphatic rings. The topological polar surface area (TPSA) is 52.6 Å². The third-order valence-electron chi connectivity index (χ3n) is 6.93. The zero-order valence-electron chi connectivity index (χ0n) is 22.4. The molecule has 0 amide bonds. The van der Waals surface area contributed by atoms with Crippen LogP contribution < -0.4 is 0 Å². The van der Waals surface area contributed by atoms with Gasteiger partial charge in [0.05, 0.1) is 25.0 Å². The summed E-state index contributed by atoms with van der Waals surface area (Å²) in [5.41, 5.74) is 0. The Morgan fingerprint density at radius 3 is 1.36 bits per heavy atom. The Morgan fingerprint density at radius 1 is 0.606 bits per heavy atom. The molecule has 0 saturated heterocycles. The van der Waals surface area contributed by atoms with Crippen molar-refractivity contribution < 1.29 is 19.1 Å². The summed E-state index contributed by atoms with van der Waals surface area (Å²) in [5, 5.41) is 0. The Bertz CT molecular complexity index is 500. The van der Waals surface area contributed by atoms with E-state index in [1.165, 1.54) is 57.8 Å². The number of unbranched alkanes of at least 4 members (excludes halogenated alkanes) is 9. The minimum Gasteiger partial charge on any atom is -0.465 e. The molecule has 2 atom stereocenters. The van der Waals surface area contributed by atoms with Crippen LogP contribution in [0.1, 0.15) is 137 Å². The minimum absolute atomic E-state index is 0.106. The molecule has 0 spiro atoms. The van der Waals surface area contributed by atoms with E-state index in [2.05, 4.69) is 27.7 Å². The Labute approximate surface area is 205 Å². The lowest BCUT2D eigenvalue weighted by Gasteiger charge is -2.26. The molecule has 1 fully saturated rings. The molecular formula is C29H54O4. The van der Waals surface area contributed by atoms with Crippen LogP contribution in [0.3, 0.4) is 0 Å². The largest absolute Gasteiger partial charge is 0.465 e. The smallest absolute Gasteiger partial charge is 0.308 e. The van der Waals surface area contributed by atoms with E-state index in [0.717, 1.165) is 56.8 Å². The van der Waals surface area contributed by atoms with Gasteiger partial charge in [-0.05, 0) is 43.9 Å². The lowest BCUT2D eigenvalue weighted by molar-refractivity contribution is -0.155. The maximum atomic E-state index is 12.5. The van der Waals surface area contributed by atoms with Crippen molar-refractivity contribution in [3.63, 3.8) is 0 Å². The van der Waals surface area contributed by atoms with Gasteiger partial charge in [0.2, 0.25) is 0 Å². The fourth-order valence-corrected chi connectivity index (χ4v) is 4.75. The lowest BCUT2D eigenvalue weighted by Crippen LogP contribution is -2.30. The summed E-state index contributed by atoms with van der Waals surface area (Å²) in [7, 11) is 0. The Morgan fingerprint density at radius 2 is 0.970 bits per heavy atom. The summed E-state index contributed by atoms with van der Waals surface area (Å²) < 4.78 is 11.1. The van der Waals surface area contributed by atoms with Crippen LogP contribution >= 0.6 is 0 Å². The van der Waals surface area contributed by atoms with Gasteiger partial charge in [0, 0.05) is 0 Å². The van der Waals surface area contributed by atoms with Crippen molar-refractivity contribution in [1.82, 2.24) is 0 Å². The molecule has 1 saturated carbocycles. The van der Waals surface area contributed by atoms with Gasteiger partial charge in [-0.3, -0.25) is 9.59 Å². The second-order valence-corrected chi connectivity index (χ2v) is 11.1. The quantitative estimate of drug-likeness (QED) is 0.142. The number of rotatable bonds is 19.